The van der Waals surface area contributed by atoms with Gasteiger partial charge >= 0.3 is 11.9 Å². The first-order valence-corrected chi connectivity index (χ1v) is 13.7. The number of aromatic amines is 3. The van der Waals surface area contributed by atoms with Gasteiger partial charge in [0, 0.05) is 66.6 Å². The van der Waals surface area contributed by atoms with E-state index in [1.165, 1.54) is 25.0 Å². The average Bonchev–Trinajstić information content (AvgIpc) is 3.77. The van der Waals surface area contributed by atoms with E-state index in [4.69, 9.17) is 5.73 Å². The lowest BCUT2D eigenvalue weighted by Crippen LogP contribution is -2.58. The van der Waals surface area contributed by atoms with Gasteiger partial charge in [0.2, 0.25) is 17.7 Å². The molecule has 4 atom stereocenters. The highest BCUT2D eigenvalue weighted by Gasteiger charge is 2.31. The first kappa shape index (κ1) is 31.4. The molecule has 0 spiro atoms. The third-order valence-electron chi connectivity index (χ3n) is 6.94. The van der Waals surface area contributed by atoms with E-state index in [0.717, 1.165) is 10.9 Å². The third-order valence-corrected chi connectivity index (χ3v) is 6.94. The number of fused-ring (bicyclic) bond motifs is 1. The second-order valence-electron chi connectivity index (χ2n) is 10.2. The summed E-state index contributed by atoms with van der Waals surface area (Å²) < 4.78 is 0. The van der Waals surface area contributed by atoms with E-state index >= 15 is 0 Å². The van der Waals surface area contributed by atoms with Crippen molar-refractivity contribution in [3.8, 4) is 0 Å². The highest BCUT2D eigenvalue weighted by Crippen LogP contribution is 2.19. The zero-order valence-corrected chi connectivity index (χ0v) is 23.4. The van der Waals surface area contributed by atoms with Gasteiger partial charge in [-0.1, -0.05) is 18.2 Å². The van der Waals surface area contributed by atoms with Crippen molar-refractivity contribution >= 4 is 40.6 Å². The number of nitrogens with two attached hydrogens (primary N) is 1. The molecule has 16 nitrogen and oxygen atoms in total. The summed E-state index contributed by atoms with van der Waals surface area (Å²) in [5, 5.41) is 27.4. The number of amides is 3. The van der Waals surface area contributed by atoms with Crippen LogP contribution in [0.2, 0.25) is 0 Å². The molecule has 0 bridgehead atoms. The number of para-hydroxylation sites is 1. The van der Waals surface area contributed by atoms with Crippen molar-refractivity contribution in [2.24, 2.45) is 5.73 Å². The molecular formula is C28H33N9O7. The van der Waals surface area contributed by atoms with Crippen LogP contribution in [0.3, 0.4) is 0 Å². The SMILES string of the molecule is NC(Cc1cnc[nH]1)C(=O)NC(Cc1cnc[nH]1)C(=O)NC(CCC(=O)O)C(=O)NC(Cc1c[nH]c2ccccc12)C(=O)O. The summed E-state index contributed by atoms with van der Waals surface area (Å²) in [4.78, 5) is 79.7. The van der Waals surface area contributed by atoms with Gasteiger partial charge in [0.25, 0.3) is 0 Å². The standard InChI is InChI=1S/C28H33N9O7/c29-19(8-16-11-30-13-33-16)25(40)36-22(9-17-12-31-14-34-17)27(42)35-21(5-6-24(38)39)26(41)37-23(28(43)44)7-15-10-32-20-4-2-1-3-18(15)20/h1-4,10-14,19,21-23,32H,5-9,29H2,(H,30,33)(H,31,34)(H,35,42)(H,36,40)(H,37,41)(H,38,39)(H,43,44). The van der Waals surface area contributed by atoms with E-state index in [0.29, 0.717) is 17.0 Å². The minimum absolute atomic E-state index is 0.0556. The first-order valence-electron chi connectivity index (χ1n) is 13.7. The van der Waals surface area contributed by atoms with Gasteiger partial charge < -0.3 is 46.8 Å². The smallest absolute Gasteiger partial charge is 0.326 e. The Morgan fingerprint density at radius 3 is 2.02 bits per heavy atom. The molecule has 3 amide bonds. The van der Waals surface area contributed by atoms with Gasteiger partial charge in [0.05, 0.1) is 18.7 Å². The van der Waals surface area contributed by atoms with Crippen LogP contribution in [0.25, 0.3) is 10.9 Å². The average molecular weight is 608 g/mol. The van der Waals surface area contributed by atoms with Crippen LogP contribution >= 0.6 is 0 Å². The van der Waals surface area contributed by atoms with Crippen LogP contribution in [0.4, 0.5) is 0 Å². The molecule has 4 rings (SSSR count). The van der Waals surface area contributed by atoms with Crippen LogP contribution in [0.5, 0.6) is 0 Å². The van der Waals surface area contributed by atoms with Crippen LogP contribution < -0.4 is 21.7 Å². The van der Waals surface area contributed by atoms with E-state index in [2.05, 4.69) is 40.9 Å². The van der Waals surface area contributed by atoms with Gasteiger partial charge in [0.1, 0.15) is 18.1 Å². The molecule has 1 aromatic carbocycles. The van der Waals surface area contributed by atoms with Crippen molar-refractivity contribution in [3.05, 3.63) is 72.5 Å². The van der Waals surface area contributed by atoms with E-state index in [9.17, 15) is 34.2 Å². The minimum atomic E-state index is -1.43. The number of carbonyl (C=O) groups excluding carboxylic acids is 3. The summed E-state index contributed by atoms with van der Waals surface area (Å²) in [5.74, 6) is -4.90. The number of carbonyl (C=O) groups is 5. The molecule has 3 aromatic heterocycles. The fraction of sp³-hybridized carbons (Fsp3) is 0.321. The lowest BCUT2D eigenvalue weighted by atomic mass is 10.0. The van der Waals surface area contributed by atoms with E-state index in [-0.39, 0.29) is 25.7 Å². The fourth-order valence-electron chi connectivity index (χ4n) is 4.63. The van der Waals surface area contributed by atoms with Gasteiger partial charge in [-0.15, -0.1) is 0 Å². The molecule has 0 fully saturated rings. The van der Waals surface area contributed by atoms with E-state index in [1.54, 1.807) is 12.3 Å². The number of benzene rings is 1. The molecule has 0 saturated heterocycles. The lowest BCUT2D eigenvalue weighted by Gasteiger charge is -2.25. The normalized spacial score (nSPS) is 13.8. The van der Waals surface area contributed by atoms with Crippen LogP contribution in [0.15, 0.2) is 55.5 Å². The van der Waals surface area contributed by atoms with Gasteiger partial charge in [-0.3, -0.25) is 19.2 Å². The number of nitrogens with one attached hydrogen (secondary N) is 6. The third kappa shape index (κ3) is 8.51. The summed E-state index contributed by atoms with van der Waals surface area (Å²) in [6.45, 7) is 0. The summed E-state index contributed by atoms with van der Waals surface area (Å²) in [5.41, 5.74) is 8.57. The van der Waals surface area contributed by atoms with Crippen molar-refractivity contribution < 1.29 is 34.2 Å². The monoisotopic (exact) mass is 607 g/mol. The van der Waals surface area contributed by atoms with Gasteiger partial charge in [-0.25, -0.2) is 14.8 Å². The molecule has 0 aliphatic heterocycles. The van der Waals surface area contributed by atoms with Crippen LogP contribution in [-0.4, -0.2) is 89.0 Å². The number of carboxylic acids is 2. The number of nitrogens with zero attached hydrogens (tertiary/aromatic N) is 2. The van der Waals surface area contributed by atoms with Crippen molar-refractivity contribution in [2.75, 3.05) is 0 Å². The number of aromatic nitrogens is 5. The van der Waals surface area contributed by atoms with Crippen molar-refractivity contribution in [3.63, 3.8) is 0 Å². The predicted octanol–water partition coefficient (Wildman–Crippen LogP) is -0.627. The summed E-state index contributed by atoms with van der Waals surface area (Å²) >= 11 is 0. The molecule has 10 N–H and O–H groups in total. The lowest BCUT2D eigenvalue weighted by molar-refractivity contribution is -0.143. The quantitative estimate of drug-likeness (QED) is 0.0779. The van der Waals surface area contributed by atoms with Crippen LogP contribution in [0, 0.1) is 0 Å². The molecule has 3 heterocycles. The molecule has 0 aliphatic carbocycles. The van der Waals surface area contributed by atoms with E-state index < -0.39 is 60.2 Å². The van der Waals surface area contributed by atoms with Crippen LogP contribution in [0.1, 0.15) is 29.8 Å². The Labute approximate surface area is 250 Å². The van der Waals surface area contributed by atoms with Crippen molar-refractivity contribution in [1.29, 1.82) is 0 Å². The number of aliphatic carboxylic acids is 2. The number of carboxylic acid groups (broad SMARTS) is 2. The molecule has 16 heteroatoms. The maximum atomic E-state index is 13.5. The molecule has 44 heavy (non-hydrogen) atoms. The van der Waals surface area contributed by atoms with Crippen molar-refractivity contribution in [2.45, 2.75) is 56.3 Å². The Morgan fingerprint density at radius 1 is 0.773 bits per heavy atom. The molecule has 0 radical (unpaired) electrons. The van der Waals surface area contributed by atoms with Crippen LogP contribution in [-0.2, 0) is 43.2 Å². The highest BCUT2D eigenvalue weighted by molar-refractivity contribution is 5.94. The Hall–Kier alpha value is -5.51. The number of H-pyrrole nitrogens is 3. The highest BCUT2D eigenvalue weighted by atomic mass is 16.4. The predicted molar refractivity (Wildman–Crippen MR) is 155 cm³/mol. The van der Waals surface area contributed by atoms with Crippen molar-refractivity contribution in [1.82, 2.24) is 40.9 Å². The molecule has 4 unspecified atom stereocenters. The Balaban J connectivity index is 1.48. The molecule has 4 aromatic rings. The largest absolute Gasteiger partial charge is 0.481 e. The maximum absolute atomic E-state index is 13.5. The second-order valence-corrected chi connectivity index (χ2v) is 10.2. The molecular weight excluding hydrogens is 574 g/mol. The number of hydrogen-bond acceptors (Lipinski definition) is 8. The van der Waals surface area contributed by atoms with Gasteiger partial charge in [-0.05, 0) is 18.1 Å². The first-order chi connectivity index (χ1) is 21.1. The zero-order chi connectivity index (χ0) is 31.6. The minimum Gasteiger partial charge on any atom is -0.481 e. The topological polar surface area (TPSA) is 261 Å². The molecule has 232 valence electrons. The Morgan fingerprint density at radius 2 is 1.39 bits per heavy atom. The number of hydrogen-bond donors (Lipinski definition) is 9. The number of rotatable bonds is 16. The summed E-state index contributed by atoms with van der Waals surface area (Å²) in [7, 11) is 0. The molecule has 0 saturated carbocycles. The molecule has 0 aliphatic rings. The van der Waals surface area contributed by atoms with Gasteiger partial charge in [-0.2, -0.15) is 0 Å². The second kappa shape index (κ2) is 14.6. The van der Waals surface area contributed by atoms with E-state index in [1.807, 2.05) is 18.2 Å². The van der Waals surface area contributed by atoms with Gasteiger partial charge in [0.15, 0.2) is 0 Å². The zero-order valence-electron chi connectivity index (χ0n) is 23.4. The maximum Gasteiger partial charge on any atom is 0.326 e. The fourth-order valence-corrected chi connectivity index (χ4v) is 4.63. The Bertz CT molecular complexity index is 1580. The summed E-state index contributed by atoms with van der Waals surface area (Å²) in [6, 6.07) is 2.17. The summed E-state index contributed by atoms with van der Waals surface area (Å²) in [6.07, 6.45) is 6.59. The Kier molecular flexibility index (Phi) is 10.4. The number of imidazole rings is 2.